The number of aromatic nitrogens is 4. The number of anilines is 3. The van der Waals surface area contributed by atoms with Crippen LogP contribution in [0.5, 0.6) is 0 Å². The van der Waals surface area contributed by atoms with Crippen LogP contribution >= 0.6 is 0 Å². The van der Waals surface area contributed by atoms with Crippen molar-refractivity contribution in [3.63, 3.8) is 0 Å². The molecule has 2 aromatic heterocycles. The number of nitrogens with zero attached hydrogens (tertiary/aromatic N) is 4. The maximum atomic E-state index is 11.4. The van der Waals surface area contributed by atoms with E-state index in [4.69, 9.17) is 10.5 Å². The van der Waals surface area contributed by atoms with Crippen LogP contribution in [0.15, 0.2) is 18.6 Å². The molecule has 21 heavy (non-hydrogen) atoms. The summed E-state index contributed by atoms with van der Waals surface area (Å²) in [6.07, 6.45) is 4.80. The first-order valence-corrected chi connectivity index (χ1v) is 6.25. The average molecular weight is 291 g/mol. The van der Waals surface area contributed by atoms with Crippen molar-refractivity contribution >= 4 is 23.4 Å². The Hall–Kier alpha value is -2.68. The fourth-order valence-electron chi connectivity index (χ4n) is 1.64. The van der Waals surface area contributed by atoms with Crippen molar-refractivity contribution in [2.24, 2.45) is 12.8 Å². The highest BCUT2D eigenvalue weighted by molar-refractivity contribution is 5.97. The van der Waals surface area contributed by atoms with Crippen molar-refractivity contribution in [1.82, 2.24) is 19.7 Å². The van der Waals surface area contributed by atoms with E-state index in [1.807, 2.05) is 0 Å². The molecule has 0 atom stereocenters. The standard InChI is InChI=1S/C12H17N7O2/c1-19-7-8(5-16-19)17-12-15-6-9(10(13)20)11(18-12)14-3-4-21-2/h5-7H,3-4H2,1-2H3,(H2,13,20)(H2,14,15,17,18). The first-order chi connectivity index (χ1) is 10.1. The van der Waals surface area contributed by atoms with Gasteiger partial charge in [-0.15, -0.1) is 0 Å². The SMILES string of the molecule is COCCNc1nc(Nc2cnn(C)c2)ncc1C(N)=O. The molecule has 2 heterocycles. The molecule has 1 amide bonds. The summed E-state index contributed by atoms with van der Waals surface area (Å²) in [5.74, 6) is 0.108. The van der Waals surface area contributed by atoms with Crippen LogP contribution in [0.4, 0.5) is 17.5 Å². The van der Waals surface area contributed by atoms with E-state index in [1.54, 1.807) is 31.2 Å². The Morgan fingerprint density at radius 3 is 2.90 bits per heavy atom. The van der Waals surface area contributed by atoms with Crippen molar-refractivity contribution in [2.45, 2.75) is 0 Å². The second-order valence-electron chi connectivity index (χ2n) is 4.27. The highest BCUT2D eigenvalue weighted by Crippen LogP contribution is 2.16. The van der Waals surface area contributed by atoms with Crippen molar-refractivity contribution in [3.8, 4) is 0 Å². The smallest absolute Gasteiger partial charge is 0.254 e. The third-order valence-electron chi connectivity index (χ3n) is 2.61. The van der Waals surface area contributed by atoms with Crippen LogP contribution < -0.4 is 16.4 Å². The van der Waals surface area contributed by atoms with Crippen LogP contribution in [0, 0.1) is 0 Å². The van der Waals surface area contributed by atoms with Crippen LogP contribution in [-0.4, -0.2) is 45.9 Å². The number of aryl methyl sites for hydroxylation is 1. The van der Waals surface area contributed by atoms with Gasteiger partial charge in [-0.05, 0) is 0 Å². The number of hydrogen-bond acceptors (Lipinski definition) is 7. The third kappa shape index (κ3) is 3.89. The number of primary amides is 1. The summed E-state index contributed by atoms with van der Waals surface area (Å²) in [6, 6.07) is 0. The van der Waals surface area contributed by atoms with Gasteiger partial charge >= 0.3 is 0 Å². The summed E-state index contributed by atoms with van der Waals surface area (Å²) in [5, 5.41) is 10.0. The second kappa shape index (κ2) is 6.66. The van der Waals surface area contributed by atoms with Gasteiger partial charge in [0.1, 0.15) is 5.82 Å². The van der Waals surface area contributed by atoms with Crippen LogP contribution in [-0.2, 0) is 11.8 Å². The van der Waals surface area contributed by atoms with Gasteiger partial charge in [-0.25, -0.2) is 4.98 Å². The van der Waals surface area contributed by atoms with Crippen LogP contribution in [0.25, 0.3) is 0 Å². The molecule has 9 heteroatoms. The molecular weight excluding hydrogens is 274 g/mol. The minimum absolute atomic E-state index is 0.225. The fraction of sp³-hybridized carbons (Fsp3) is 0.333. The second-order valence-corrected chi connectivity index (χ2v) is 4.27. The Balaban J connectivity index is 2.19. The number of amides is 1. The Labute approximate surface area is 121 Å². The van der Waals surface area contributed by atoms with E-state index in [0.29, 0.717) is 24.9 Å². The van der Waals surface area contributed by atoms with E-state index in [-0.39, 0.29) is 5.56 Å². The zero-order chi connectivity index (χ0) is 15.2. The van der Waals surface area contributed by atoms with E-state index >= 15 is 0 Å². The predicted octanol–water partition coefficient (Wildman–Crippen LogP) is 0.111. The van der Waals surface area contributed by atoms with Gasteiger partial charge in [-0.2, -0.15) is 10.1 Å². The molecule has 2 rings (SSSR count). The number of ether oxygens (including phenoxy) is 1. The summed E-state index contributed by atoms with van der Waals surface area (Å²) < 4.78 is 6.59. The normalized spacial score (nSPS) is 10.4. The van der Waals surface area contributed by atoms with Gasteiger partial charge in [0.05, 0.1) is 24.1 Å². The molecule has 0 fully saturated rings. The number of nitrogens with one attached hydrogen (secondary N) is 2. The molecule has 0 aliphatic heterocycles. The number of nitrogens with two attached hydrogens (primary N) is 1. The fourth-order valence-corrected chi connectivity index (χ4v) is 1.64. The van der Waals surface area contributed by atoms with Crippen LogP contribution in [0.2, 0.25) is 0 Å². The Bertz CT molecular complexity index is 626. The molecule has 0 spiro atoms. The first-order valence-electron chi connectivity index (χ1n) is 6.25. The minimum Gasteiger partial charge on any atom is -0.383 e. The van der Waals surface area contributed by atoms with E-state index in [9.17, 15) is 4.79 Å². The molecule has 0 radical (unpaired) electrons. The van der Waals surface area contributed by atoms with Crippen LogP contribution in [0.3, 0.4) is 0 Å². The number of carbonyl (C=O) groups is 1. The Kier molecular flexibility index (Phi) is 4.67. The number of methoxy groups -OCH3 is 1. The number of rotatable bonds is 7. The average Bonchev–Trinajstić information content (AvgIpc) is 2.84. The highest BCUT2D eigenvalue weighted by atomic mass is 16.5. The van der Waals surface area contributed by atoms with Crippen molar-refractivity contribution in [2.75, 3.05) is 30.9 Å². The lowest BCUT2D eigenvalue weighted by molar-refractivity contribution is 0.100. The summed E-state index contributed by atoms with van der Waals surface area (Å²) in [6.45, 7) is 0.980. The zero-order valence-corrected chi connectivity index (χ0v) is 11.8. The van der Waals surface area contributed by atoms with Gasteiger partial charge in [0.15, 0.2) is 0 Å². The summed E-state index contributed by atoms with van der Waals surface area (Å²) >= 11 is 0. The third-order valence-corrected chi connectivity index (χ3v) is 2.61. The zero-order valence-electron chi connectivity index (χ0n) is 11.8. The quantitative estimate of drug-likeness (QED) is 0.619. The first kappa shape index (κ1) is 14.7. The minimum atomic E-state index is -0.595. The van der Waals surface area contributed by atoms with Gasteiger partial charge in [0, 0.05) is 33.1 Å². The monoisotopic (exact) mass is 291 g/mol. The molecule has 0 unspecified atom stereocenters. The maximum absolute atomic E-state index is 11.4. The van der Waals surface area contributed by atoms with Crippen molar-refractivity contribution < 1.29 is 9.53 Å². The van der Waals surface area contributed by atoms with E-state index in [1.165, 1.54) is 6.20 Å². The molecule has 2 aromatic rings. The topological polar surface area (TPSA) is 120 Å². The molecule has 4 N–H and O–H groups in total. The van der Waals surface area contributed by atoms with E-state index in [2.05, 4.69) is 25.7 Å². The summed E-state index contributed by atoms with van der Waals surface area (Å²) in [5.41, 5.74) is 6.27. The molecule has 0 bridgehead atoms. The van der Waals surface area contributed by atoms with E-state index < -0.39 is 5.91 Å². The van der Waals surface area contributed by atoms with Gasteiger partial charge < -0.3 is 21.1 Å². The molecule has 0 saturated heterocycles. The predicted molar refractivity (Wildman–Crippen MR) is 77.4 cm³/mol. The number of hydrogen-bond donors (Lipinski definition) is 3. The van der Waals surface area contributed by atoms with Gasteiger partial charge in [0.25, 0.3) is 5.91 Å². The lowest BCUT2D eigenvalue weighted by Crippen LogP contribution is -2.18. The maximum Gasteiger partial charge on any atom is 0.254 e. The Morgan fingerprint density at radius 1 is 1.48 bits per heavy atom. The molecule has 112 valence electrons. The lowest BCUT2D eigenvalue weighted by Gasteiger charge is -2.10. The molecular formula is C12H17N7O2. The van der Waals surface area contributed by atoms with Crippen LogP contribution in [0.1, 0.15) is 10.4 Å². The molecule has 0 aliphatic rings. The number of carbonyl (C=O) groups excluding carboxylic acids is 1. The largest absolute Gasteiger partial charge is 0.383 e. The van der Waals surface area contributed by atoms with Gasteiger partial charge in [-0.3, -0.25) is 9.48 Å². The van der Waals surface area contributed by atoms with Gasteiger partial charge in [-0.1, -0.05) is 0 Å². The van der Waals surface area contributed by atoms with Crippen molar-refractivity contribution in [1.29, 1.82) is 0 Å². The summed E-state index contributed by atoms with van der Waals surface area (Å²) in [7, 11) is 3.39. The molecule has 9 nitrogen and oxygen atoms in total. The molecule has 0 aromatic carbocycles. The van der Waals surface area contributed by atoms with Crippen molar-refractivity contribution in [3.05, 3.63) is 24.2 Å². The van der Waals surface area contributed by atoms with Gasteiger partial charge in [0.2, 0.25) is 5.95 Å². The molecule has 0 saturated carbocycles. The highest BCUT2D eigenvalue weighted by Gasteiger charge is 2.12. The van der Waals surface area contributed by atoms with E-state index in [0.717, 1.165) is 5.69 Å². The summed E-state index contributed by atoms with van der Waals surface area (Å²) in [4.78, 5) is 19.7. The lowest BCUT2D eigenvalue weighted by atomic mass is 10.3. The molecule has 0 aliphatic carbocycles. The Morgan fingerprint density at radius 2 is 2.29 bits per heavy atom.